The van der Waals surface area contributed by atoms with Gasteiger partial charge < -0.3 is 14.7 Å². The molecule has 2 aliphatic rings. The molecule has 2 heterocycles. The van der Waals surface area contributed by atoms with Crippen molar-refractivity contribution in [3.63, 3.8) is 0 Å². The van der Waals surface area contributed by atoms with Gasteiger partial charge in [0.05, 0.1) is 29.4 Å². The minimum Gasteiger partial charge on any atom is -0.507 e. The Morgan fingerprint density at radius 3 is 2.51 bits per heavy atom. The van der Waals surface area contributed by atoms with Gasteiger partial charge in [-0.25, -0.2) is 4.39 Å². The van der Waals surface area contributed by atoms with Gasteiger partial charge in [-0.1, -0.05) is 24.3 Å². The first-order valence-corrected chi connectivity index (χ1v) is 11.3. The molecule has 0 radical (unpaired) electrons. The summed E-state index contributed by atoms with van der Waals surface area (Å²) < 4.78 is 60.9. The average molecular weight is 512 g/mol. The fourth-order valence-electron chi connectivity index (χ4n) is 4.58. The summed E-state index contributed by atoms with van der Waals surface area (Å²) in [4.78, 5) is 29.1. The van der Waals surface area contributed by atoms with Crippen molar-refractivity contribution >= 4 is 28.8 Å². The van der Waals surface area contributed by atoms with Crippen LogP contribution < -0.4 is 14.5 Å². The maximum atomic E-state index is 15.0. The minimum atomic E-state index is -4.71. The highest BCUT2D eigenvalue weighted by molar-refractivity contribution is 6.51. The molecule has 0 aromatic heterocycles. The third kappa shape index (κ3) is 4.18. The van der Waals surface area contributed by atoms with Crippen LogP contribution in [0.15, 0.2) is 72.3 Å². The summed E-state index contributed by atoms with van der Waals surface area (Å²) in [6.45, 7) is 1.04. The lowest BCUT2D eigenvalue weighted by Gasteiger charge is -2.28. The number of aliphatic hydroxyl groups is 1. The first kappa shape index (κ1) is 24.4. The zero-order valence-electron chi connectivity index (χ0n) is 19.4. The fourth-order valence-corrected chi connectivity index (χ4v) is 4.58. The number of anilines is 2. The highest BCUT2D eigenvalue weighted by atomic mass is 19.4. The van der Waals surface area contributed by atoms with Crippen molar-refractivity contribution in [2.45, 2.75) is 12.2 Å². The van der Waals surface area contributed by atoms with Crippen LogP contribution in [0.25, 0.3) is 5.76 Å². The fraction of sp³-hybridized carbons (Fsp3) is 0.185. The van der Waals surface area contributed by atoms with Crippen molar-refractivity contribution in [3.05, 3.63) is 94.8 Å². The summed E-state index contributed by atoms with van der Waals surface area (Å²) in [6, 6.07) is 12.3. The summed E-state index contributed by atoms with van der Waals surface area (Å²) in [5.74, 6) is -3.16. The van der Waals surface area contributed by atoms with E-state index >= 15 is 4.39 Å². The Bertz CT molecular complexity index is 1450. The molecular formula is C27H20F4N2O4. The molecule has 6 nitrogen and oxygen atoms in total. The van der Waals surface area contributed by atoms with E-state index in [1.54, 1.807) is 12.1 Å². The number of nitrogens with zero attached hydrogens (tertiary/aromatic N) is 2. The summed E-state index contributed by atoms with van der Waals surface area (Å²) in [6.07, 6.45) is -4.71. The Balaban J connectivity index is 1.72. The molecule has 2 aliphatic heterocycles. The monoisotopic (exact) mass is 512 g/mol. The van der Waals surface area contributed by atoms with Crippen molar-refractivity contribution in [2.24, 2.45) is 0 Å². The number of carbonyl (C=O) groups is 2. The molecule has 0 bridgehead atoms. The summed E-state index contributed by atoms with van der Waals surface area (Å²) >= 11 is 0. The van der Waals surface area contributed by atoms with E-state index in [0.717, 1.165) is 23.1 Å². The van der Waals surface area contributed by atoms with Gasteiger partial charge in [-0.15, -0.1) is 0 Å². The number of ether oxygens (including phenoxy) is 1. The maximum Gasteiger partial charge on any atom is 0.416 e. The second-order valence-electron chi connectivity index (χ2n) is 8.69. The first-order valence-electron chi connectivity index (χ1n) is 11.3. The van der Waals surface area contributed by atoms with Crippen molar-refractivity contribution in [2.75, 3.05) is 30.0 Å². The molecular weight excluding hydrogens is 492 g/mol. The predicted octanol–water partition coefficient (Wildman–Crippen LogP) is 5.30. The van der Waals surface area contributed by atoms with Gasteiger partial charge in [0.15, 0.2) is 0 Å². The zero-order valence-corrected chi connectivity index (χ0v) is 19.4. The van der Waals surface area contributed by atoms with Gasteiger partial charge >= 0.3 is 6.18 Å². The Labute approximate surface area is 209 Å². The van der Waals surface area contributed by atoms with Crippen LogP contribution >= 0.6 is 0 Å². The summed E-state index contributed by atoms with van der Waals surface area (Å²) in [5, 5.41) is 11.3. The van der Waals surface area contributed by atoms with Gasteiger partial charge in [-0.05, 0) is 42.5 Å². The third-order valence-electron chi connectivity index (χ3n) is 6.42. The van der Waals surface area contributed by atoms with E-state index in [2.05, 4.69) is 0 Å². The van der Waals surface area contributed by atoms with Gasteiger partial charge in [0, 0.05) is 23.9 Å². The molecule has 3 aromatic rings. The lowest BCUT2D eigenvalue weighted by molar-refractivity contribution is -0.137. The molecule has 1 saturated heterocycles. The van der Waals surface area contributed by atoms with E-state index in [9.17, 15) is 27.9 Å². The van der Waals surface area contributed by atoms with Crippen LogP contribution in [0.2, 0.25) is 0 Å². The second kappa shape index (κ2) is 8.95. The van der Waals surface area contributed by atoms with Gasteiger partial charge in [0.1, 0.15) is 23.9 Å². The number of carbonyl (C=O) groups excluding carboxylic acids is 2. The van der Waals surface area contributed by atoms with Crippen molar-refractivity contribution in [1.29, 1.82) is 0 Å². The molecule has 1 unspecified atom stereocenters. The minimum absolute atomic E-state index is 0.154. The van der Waals surface area contributed by atoms with Gasteiger partial charge in [-0.3, -0.25) is 14.5 Å². The van der Waals surface area contributed by atoms with Crippen LogP contribution in [0.4, 0.5) is 28.9 Å². The zero-order chi connectivity index (χ0) is 26.5. The lowest BCUT2D eigenvalue weighted by Crippen LogP contribution is -2.30. The van der Waals surface area contributed by atoms with Crippen LogP contribution in [-0.4, -0.2) is 37.0 Å². The molecule has 0 spiro atoms. The number of Topliss-reactive ketones (excluding diaryl/α,β-unsaturated/α-hetero) is 1. The topological polar surface area (TPSA) is 70.1 Å². The van der Waals surface area contributed by atoms with E-state index in [-0.39, 0.29) is 16.8 Å². The number of hydrogen-bond donors (Lipinski definition) is 1. The highest BCUT2D eigenvalue weighted by Gasteiger charge is 2.48. The average Bonchev–Trinajstić information content (AvgIpc) is 3.13. The number of halogens is 4. The lowest BCUT2D eigenvalue weighted by atomic mass is 9.94. The van der Waals surface area contributed by atoms with E-state index in [4.69, 9.17) is 4.74 Å². The number of aliphatic hydroxyl groups excluding tert-OH is 1. The molecule has 0 aliphatic carbocycles. The van der Waals surface area contributed by atoms with Gasteiger partial charge in [0.2, 0.25) is 0 Å². The molecule has 190 valence electrons. The Hall–Kier alpha value is -4.34. The second-order valence-corrected chi connectivity index (χ2v) is 8.69. The Morgan fingerprint density at radius 1 is 1.03 bits per heavy atom. The van der Waals surface area contributed by atoms with Crippen molar-refractivity contribution in [3.8, 4) is 5.75 Å². The SMILES string of the molecule is CN1CCOc2ccc(/C(O)=C3\C(=O)C(=O)N(c4cccc(C(F)(F)F)c4)C3c3ccccc3F)cc21. The summed E-state index contributed by atoms with van der Waals surface area (Å²) in [7, 11) is 1.82. The van der Waals surface area contributed by atoms with E-state index in [1.165, 1.54) is 30.3 Å². The maximum absolute atomic E-state index is 15.0. The van der Waals surface area contributed by atoms with Crippen molar-refractivity contribution < 1.29 is 37.0 Å². The number of ketones is 1. The van der Waals surface area contributed by atoms with Crippen molar-refractivity contribution in [1.82, 2.24) is 0 Å². The first-order chi connectivity index (χ1) is 17.6. The van der Waals surface area contributed by atoms with Crippen LogP contribution in [0.3, 0.4) is 0 Å². The van der Waals surface area contributed by atoms with Crippen LogP contribution in [0.5, 0.6) is 5.75 Å². The number of benzene rings is 3. The molecule has 0 saturated carbocycles. The number of amides is 1. The summed E-state index contributed by atoms with van der Waals surface area (Å²) in [5.41, 5.74) is -1.10. The number of likely N-dealkylation sites (N-methyl/N-ethyl adjacent to an activating group) is 1. The normalized spacial score (nSPS) is 19.1. The number of rotatable bonds is 3. The standard InChI is InChI=1S/C27H20F4N2O4/c1-32-11-12-37-21-10-9-15(13-20(21)32)24(34)22-23(18-7-2-3-8-19(18)28)33(26(36)25(22)35)17-6-4-5-16(14-17)27(29,30)31/h2-10,13-14,23,34H,11-12H2,1H3/b24-22+. The third-order valence-corrected chi connectivity index (χ3v) is 6.42. The Kier molecular flexibility index (Phi) is 5.89. The number of alkyl halides is 3. The quantitative estimate of drug-likeness (QED) is 0.223. The molecule has 37 heavy (non-hydrogen) atoms. The molecule has 1 atom stereocenters. The smallest absolute Gasteiger partial charge is 0.416 e. The van der Waals surface area contributed by atoms with E-state index < -0.39 is 46.6 Å². The molecule has 10 heteroatoms. The van der Waals surface area contributed by atoms with Gasteiger partial charge in [0.25, 0.3) is 11.7 Å². The number of fused-ring (bicyclic) bond motifs is 1. The highest BCUT2D eigenvalue weighted by Crippen LogP contribution is 2.44. The number of hydrogen-bond acceptors (Lipinski definition) is 5. The molecule has 1 amide bonds. The molecule has 5 rings (SSSR count). The van der Waals surface area contributed by atoms with Crippen LogP contribution in [0, 0.1) is 5.82 Å². The molecule has 1 fully saturated rings. The van der Waals surface area contributed by atoms with E-state index in [0.29, 0.717) is 30.7 Å². The Morgan fingerprint density at radius 2 is 1.78 bits per heavy atom. The van der Waals surface area contributed by atoms with Crippen LogP contribution in [0.1, 0.15) is 22.7 Å². The predicted molar refractivity (Wildman–Crippen MR) is 128 cm³/mol. The molecule has 1 N–H and O–H groups in total. The van der Waals surface area contributed by atoms with E-state index in [1.807, 2.05) is 11.9 Å². The van der Waals surface area contributed by atoms with Crippen LogP contribution in [-0.2, 0) is 15.8 Å². The largest absolute Gasteiger partial charge is 0.507 e. The van der Waals surface area contributed by atoms with Gasteiger partial charge in [-0.2, -0.15) is 13.2 Å². The molecule has 3 aromatic carbocycles.